The number of fused-ring (bicyclic) bond motifs is 2. The minimum Gasteiger partial charge on any atom is -0.444 e. The number of hydrogen-bond donors (Lipinski definition) is 0. The van der Waals surface area contributed by atoms with Crippen LogP contribution in [0, 0.1) is 0 Å². The highest BCUT2D eigenvalue weighted by Crippen LogP contribution is 2.37. The van der Waals surface area contributed by atoms with Crippen molar-refractivity contribution in [2.24, 2.45) is 0 Å². The van der Waals surface area contributed by atoms with Crippen molar-refractivity contribution in [3.8, 4) is 0 Å². The third-order valence-corrected chi connectivity index (χ3v) is 5.46. The van der Waals surface area contributed by atoms with Gasteiger partial charge in [-0.15, -0.1) is 0 Å². The van der Waals surface area contributed by atoms with E-state index in [1.165, 1.54) is 6.07 Å². The maximum atomic E-state index is 12.7. The molecule has 0 aliphatic carbocycles. The summed E-state index contributed by atoms with van der Waals surface area (Å²) in [4.78, 5) is 25.3. The van der Waals surface area contributed by atoms with Gasteiger partial charge in [-0.1, -0.05) is 23.2 Å². The first-order chi connectivity index (χ1) is 12.1. The molecular weight excluding hydrogens is 375 g/mol. The predicted octanol–water partition coefficient (Wildman–Crippen LogP) is 4.54. The van der Waals surface area contributed by atoms with Crippen LogP contribution in [0.2, 0.25) is 10.3 Å². The molecule has 2 aliphatic heterocycles. The first-order valence-electron chi connectivity index (χ1n) is 9.08. The van der Waals surface area contributed by atoms with Crippen LogP contribution < -0.4 is 4.90 Å². The lowest BCUT2D eigenvalue weighted by molar-refractivity contribution is -0.0214. The predicted molar refractivity (Wildman–Crippen MR) is 103 cm³/mol. The van der Waals surface area contributed by atoms with E-state index in [0.29, 0.717) is 16.3 Å². The number of ether oxygens (including phenoxy) is 1. The summed E-state index contributed by atoms with van der Waals surface area (Å²) in [7, 11) is 1.96. The zero-order chi connectivity index (χ0) is 19.1. The van der Waals surface area contributed by atoms with Crippen molar-refractivity contribution in [1.29, 1.82) is 0 Å². The normalized spacial score (nSPS) is 25.8. The third-order valence-electron chi connectivity index (χ3n) is 5.07. The lowest BCUT2D eigenvalue weighted by Crippen LogP contribution is -2.59. The Morgan fingerprint density at radius 2 is 1.73 bits per heavy atom. The van der Waals surface area contributed by atoms with Gasteiger partial charge in [0.1, 0.15) is 15.9 Å². The number of aromatic nitrogens is 2. The van der Waals surface area contributed by atoms with Crippen LogP contribution in [0.25, 0.3) is 0 Å². The van der Waals surface area contributed by atoms with E-state index in [1.54, 1.807) is 0 Å². The Labute approximate surface area is 164 Å². The summed E-state index contributed by atoms with van der Waals surface area (Å²) >= 11 is 12.0. The molecule has 3 heterocycles. The highest BCUT2D eigenvalue weighted by atomic mass is 35.5. The second kappa shape index (κ2) is 7.39. The molecule has 26 heavy (non-hydrogen) atoms. The molecule has 2 saturated heterocycles. The Morgan fingerprint density at radius 3 is 2.23 bits per heavy atom. The molecule has 0 radical (unpaired) electrons. The van der Waals surface area contributed by atoms with Gasteiger partial charge in [0.25, 0.3) is 0 Å². The topological polar surface area (TPSA) is 58.6 Å². The Balaban J connectivity index is 1.76. The van der Waals surface area contributed by atoms with Gasteiger partial charge in [0.05, 0.1) is 0 Å². The molecule has 3 rings (SSSR count). The van der Waals surface area contributed by atoms with Crippen molar-refractivity contribution < 1.29 is 9.53 Å². The highest BCUT2D eigenvalue weighted by molar-refractivity contribution is 6.33. The first-order valence-corrected chi connectivity index (χ1v) is 9.84. The molecule has 0 N–H and O–H groups in total. The number of anilines is 1. The molecule has 2 fully saturated rings. The lowest BCUT2D eigenvalue weighted by Gasteiger charge is -2.50. The van der Waals surface area contributed by atoms with Gasteiger partial charge >= 0.3 is 6.09 Å². The molecule has 2 aliphatic rings. The van der Waals surface area contributed by atoms with Crippen molar-refractivity contribution in [2.75, 3.05) is 11.9 Å². The fourth-order valence-electron chi connectivity index (χ4n) is 3.98. The summed E-state index contributed by atoms with van der Waals surface area (Å²) in [6.45, 7) is 5.71. The number of carbonyl (C=O) groups is 1. The minimum absolute atomic E-state index is 0.180. The Morgan fingerprint density at radius 1 is 1.19 bits per heavy atom. The second-order valence-electron chi connectivity index (χ2n) is 8.18. The number of halogens is 2. The van der Waals surface area contributed by atoms with E-state index in [1.807, 2.05) is 37.6 Å². The molecule has 1 aromatic heterocycles. The molecule has 1 aromatic rings. The number of nitrogens with zero attached hydrogens (tertiary/aromatic N) is 4. The van der Waals surface area contributed by atoms with E-state index in [-0.39, 0.29) is 24.2 Å². The Bertz CT molecular complexity index is 645. The van der Waals surface area contributed by atoms with E-state index in [2.05, 4.69) is 9.97 Å². The molecule has 144 valence electrons. The van der Waals surface area contributed by atoms with E-state index in [4.69, 9.17) is 27.9 Å². The van der Waals surface area contributed by atoms with Gasteiger partial charge in [-0.2, -0.15) is 0 Å². The van der Waals surface area contributed by atoms with Crippen LogP contribution in [0.5, 0.6) is 0 Å². The van der Waals surface area contributed by atoms with Crippen LogP contribution in [-0.4, -0.2) is 51.7 Å². The van der Waals surface area contributed by atoms with Gasteiger partial charge in [-0.3, -0.25) is 0 Å². The van der Waals surface area contributed by atoms with Crippen molar-refractivity contribution in [1.82, 2.24) is 14.9 Å². The van der Waals surface area contributed by atoms with Gasteiger partial charge in [0.15, 0.2) is 0 Å². The molecule has 3 atom stereocenters. The third kappa shape index (κ3) is 4.34. The zero-order valence-corrected chi connectivity index (χ0v) is 17.2. The van der Waals surface area contributed by atoms with Crippen LogP contribution >= 0.6 is 23.2 Å². The fraction of sp³-hybridized carbons (Fsp3) is 0.722. The van der Waals surface area contributed by atoms with Crippen molar-refractivity contribution in [3.05, 3.63) is 16.4 Å². The second-order valence-corrected chi connectivity index (χ2v) is 8.95. The zero-order valence-electron chi connectivity index (χ0n) is 15.7. The lowest BCUT2D eigenvalue weighted by atomic mass is 9.81. The summed E-state index contributed by atoms with van der Waals surface area (Å²) < 4.78 is 5.64. The monoisotopic (exact) mass is 400 g/mol. The Kier molecular flexibility index (Phi) is 5.54. The average Bonchev–Trinajstić information content (AvgIpc) is 2.50. The summed E-state index contributed by atoms with van der Waals surface area (Å²) in [5, 5.41) is 0.663. The fourth-order valence-corrected chi connectivity index (χ4v) is 4.40. The summed E-state index contributed by atoms with van der Waals surface area (Å²) in [5.74, 6) is 0.524. The standard InChI is InChI=1S/C18H26Cl2N4O2/c1-18(2,3)26-17(25)24-11-6-5-7-12(24)9-13(8-11)23(4)16-21-14(19)10-15(20)22-16/h10-13H,5-9H2,1-4H3/t11-,12+,13-. The summed E-state index contributed by atoms with van der Waals surface area (Å²) in [6.07, 6.45) is 4.66. The van der Waals surface area contributed by atoms with Crippen LogP contribution in [0.4, 0.5) is 10.7 Å². The molecule has 0 unspecified atom stereocenters. The molecule has 0 aromatic carbocycles. The van der Waals surface area contributed by atoms with Gasteiger partial charge in [-0.25, -0.2) is 14.8 Å². The smallest absolute Gasteiger partial charge is 0.410 e. The highest BCUT2D eigenvalue weighted by Gasteiger charge is 2.43. The molecule has 0 spiro atoms. The van der Waals surface area contributed by atoms with E-state index in [0.717, 1.165) is 32.1 Å². The van der Waals surface area contributed by atoms with Crippen molar-refractivity contribution >= 4 is 35.2 Å². The minimum atomic E-state index is -0.482. The van der Waals surface area contributed by atoms with Gasteiger partial charge in [0.2, 0.25) is 5.95 Å². The largest absolute Gasteiger partial charge is 0.444 e. The number of amides is 1. The quantitative estimate of drug-likeness (QED) is 0.681. The number of rotatable bonds is 2. The molecule has 8 heteroatoms. The maximum absolute atomic E-state index is 12.7. The van der Waals surface area contributed by atoms with Crippen LogP contribution in [0.15, 0.2) is 6.07 Å². The van der Waals surface area contributed by atoms with E-state index >= 15 is 0 Å². The molecule has 6 nitrogen and oxygen atoms in total. The number of carbonyl (C=O) groups excluding carboxylic acids is 1. The van der Waals surface area contributed by atoms with Gasteiger partial charge in [0, 0.05) is 31.2 Å². The average molecular weight is 401 g/mol. The number of hydrogen-bond acceptors (Lipinski definition) is 5. The molecule has 2 bridgehead atoms. The van der Waals surface area contributed by atoms with E-state index in [9.17, 15) is 4.79 Å². The van der Waals surface area contributed by atoms with Crippen molar-refractivity contribution in [3.63, 3.8) is 0 Å². The number of piperidine rings is 2. The molecule has 0 saturated carbocycles. The van der Waals surface area contributed by atoms with E-state index < -0.39 is 5.60 Å². The van der Waals surface area contributed by atoms with Gasteiger partial charge in [-0.05, 0) is 52.9 Å². The van der Waals surface area contributed by atoms with Crippen LogP contribution in [0.3, 0.4) is 0 Å². The maximum Gasteiger partial charge on any atom is 0.410 e. The molecular formula is C18H26Cl2N4O2. The first kappa shape index (κ1) is 19.5. The van der Waals surface area contributed by atoms with Crippen LogP contribution in [-0.2, 0) is 4.74 Å². The summed E-state index contributed by atoms with van der Waals surface area (Å²) in [5.41, 5.74) is -0.482. The van der Waals surface area contributed by atoms with Crippen LogP contribution in [0.1, 0.15) is 52.9 Å². The Hall–Kier alpha value is -1.27. The molecule has 1 amide bonds. The van der Waals surface area contributed by atoms with Gasteiger partial charge < -0.3 is 14.5 Å². The SMILES string of the molecule is CN(c1nc(Cl)cc(Cl)n1)[C@@H]1C[C@H]2CCC[C@@H](C1)N2C(=O)OC(C)(C)C. The summed E-state index contributed by atoms with van der Waals surface area (Å²) in [6, 6.07) is 2.12. The van der Waals surface area contributed by atoms with Crippen molar-refractivity contribution in [2.45, 2.75) is 76.6 Å².